The van der Waals surface area contributed by atoms with Crippen LogP contribution < -0.4 is 10.6 Å². The molecule has 1 fully saturated rings. The predicted octanol–water partition coefficient (Wildman–Crippen LogP) is 2.77. The van der Waals surface area contributed by atoms with Crippen LogP contribution in [0.1, 0.15) is 59.8 Å². The van der Waals surface area contributed by atoms with Gasteiger partial charge in [0.15, 0.2) is 0 Å². The third-order valence-electron chi connectivity index (χ3n) is 5.48. The molecule has 3 amide bonds. The van der Waals surface area contributed by atoms with Crippen LogP contribution in [0.15, 0.2) is 48.7 Å². The summed E-state index contributed by atoms with van der Waals surface area (Å²) in [6.07, 6.45) is 5.50. The molecule has 1 unspecified atom stereocenters. The van der Waals surface area contributed by atoms with E-state index in [0.717, 1.165) is 36.9 Å². The Balaban J connectivity index is 1.76. The first-order valence-electron chi connectivity index (χ1n) is 10.9. The summed E-state index contributed by atoms with van der Waals surface area (Å²) in [5, 5.41) is 5.67. The fourth-order valence-electron chi connectivity index (χ4n) is 3.74. The highest BCUT2D eigenvalue weighted by atomic mass is 16.2. The molecule has 2 N–H and O–H groups in total. The zero-order chi connectivity index (χ0) is 22.1. The first-order valence-corrected chi connectivity index (χ1v) is 10.9. The molecule has 7 nitrogen and oxygen atoms in total. The molecule has 1 aliphatic heterocycles. The van der Waals surface area contributed by atoms with Crippen molar-refractivity contribution in [2.75, 3.05) is 19.6 Å². The van der Waals surface area contributed by atoms with Crippen LogP contribution in [0.3, 0.4) is 0 Å². The van der Waals surface area contributed by atoms with E-state index in [1.807, 2.05) is 37.3 Å². The molecular weight excluding hydrogens is 392 g/mol. The number of nitrogens with one attached hydrogen (secondary N) is 2. The van der Waals surface area contributed by atoms with Crippen LogP contribution in [0.4, 0.5) is 0 Å². The average molecular weight is 423 g/mol. The number of rotatable bonds is 4. The lowest BCUT2D eigenvalue weighted by Crippen LogP contribution is -2.44. The van der Waals surface area contributed by atoms with Crippen molar-refractivity contribution < 1.29 is 14.4 Å². The summed E-state index contributed by atoms with van der Waals surface area (Å²) in [7, 11) is 0. The van der Waals surface area contributed by atoms with E-state index in [1.54, 1.807) is 17.0 Å². The molecule has 1 saturated heterocycles. The Morgan fingerprint density at radius 1 is 1.10 bits per heavy atom. The maximum atomic E-state index is 13.2. The molecule has 0 radical (unpaired) electrons. The summed E-state index contributed by atoms with van der Waals surface area (Å²) >= 11 is 0. The quantitative estimate of drug-likeness (QED) is 0.793. The highest BCUT2D eigenvalue weighted by molar-refractivity contribution is 5.96. The van der Waals surface area contributed by atoms with E-state index in [1.165, 1.54) is 6.20 Å². The molecule has 1 aliphatic rings. The van der Waals surface area contributed by atoms with Crippen molar-refractivity contribution in [3.63, 3.8) is 0 Å². The second-order valence-electron chi connectivity index (χ2n) is 7.85. The van der Waals surface area contributed by atoms with E-state index in [2.05, 4.69) is 15.6 Å². The van der Waals surface area contributed by atoms with Gasteiger partial charge in [0, 0.05) is 25.0 Å². The molecule has 31 heavy (non-hydrogen) atoms. The van der Waals surface area contributed by atoms with Gasteiger partial charge in [-0.3, -0.25) is 19.4 Å². The van der Waals surface area contributed by atoms with Gasteiger partial charge in [-0.15, -0.1) is 0 Å². The zero-order valence-corrected chi connectivity index (χ0v) is 18.0. The minimum absolute atomic E-state index is 0.0664. The molecule has 1 atom stereocenters. The standard InChI is InChI=1S/C24H30N4O3/c1-18-11-12-20(16-26-18)24(31)27-17-23(30)28-14-8-3-2-7-13-25-22(29)15-21(28)19-9-5-4-6-10-19/h4-6,9-12,16,21H,2-3,7-8,13-15,17H2,1H3,(H,25,29)(H,27,31). The van der Waals surface area contributed by atoms with Crippen molar-refractivity contribution in [1.29, 1.82) is 0 Å². The number of carbonyl (C=O) groups is 3. The van der Waals surface area contributed by atoms with E-state index < -0.39 is 0 Å². The van der Waals surface area contributed by atoms with Crippen molar-refractivity contribution in [3.05, 3.63) is 65.5 Å². The van der Waals surface area contributed by atoms with E-state index in [4.69, 9.17) is 0 Å². The van der Waals surface area contributed by atoms with Crippen LogP contribution in [-0.2, 0) is 9.59 Å². The number of benzene rings is 1. The summed E-state index contributed by atoms with van der Waals surface area (Å²) in [6.45, 7) is 2.93. The van der Waals surface area contributed by atoms with E-state index in [9.17, 15) is 14.4 Å². The Labute approximate surface area is 183 Å². The van der Waals surface area contributed by atoms with Gasteiger partial charge in [0.05, 0.1) is 24.6 Å². The van der Waals surface area contributed by atoms with Crippen molar-refractivity contribution >= 4 is 17.7 Å². The number of amides is 3. The van der Waals surface area contributed by atoms with Crippen LogP contribution >= 0.6 is 0 Å². The highest BCUT2D eigenvalue weighted by Crippen LogP contribution is 2.25. The second kappa shape index (κ2) is 11.2. The van der Waals surface area contributed by atoms with Gasteiger partial charge >= 0.3 is 0 Å². The molecule has 2 aromatic rings. The summed E-state index contributed by atoms with van der Waals surface area (Å²) in [4.78, 5) is 44.0. The third kappa shape index (κ3) is 6.64. The normalized spacial score (nSPS) is 17.9. The van der Waals surface area contributed by atoms with E-state index in [0.29, 0.717) is 18.7 Å². The number of nitrogens with zero attached hydrogens (tertiary/aromatic N) is 2. The van der Waals surface area contributed by atoms with Gasteiger partial charge in [0.1, 0.15) is 0 Å². The number of aromatic nitrogens is 1. The molecule has 0 aliphatic carbocycles. The number of hydrogen-bond donors (Lipinski definition) is 2. The number of hydrogen-bond acceptors (Lipinski definition) is 4. The SMILES string of the molecule is Cc1ccc(C(=O)NCC(=O)N2CCCCCCNC(=O)CC2c2ccccc2)cn1. The van der Waals surface area contributed by atoms with Gasteiger partial charge in [-0.25, -0.2) is 0 Å². The van der Waals surface area contributed by atoms with Gasteiger partial charge in [-0.1, -0.05) is 43.2 Å². The lowest BCUT2D eigenvalue weighted by Gasteiger charge is -2.32. The molecule has 3 rings (SSSR count). The van der Waals surface area contributed by atoms with Crippen molar-refractivity contribution in [2.24, 2.45) is 0 Å². The number of aryl methyl sites for hydroxylation is 1. The minimum Gasteiger partial charge on any atom is -0.356 e. The molecule has 0 spiro atoms. The second-order valence-corrected chi connectivity index (χ2v) is 7.85. The first kappa shape index (κ1) is 22.5. The van der Waals surface area contributed by atoms with Gasteiger partial charge in [-0.05, 0) is 37.5 Å². The summed E-state index contributed by atoms with van der Waals surface area (Å²) < 4.78 is 0. The van der Waals surface area contributed by atoms with Gasteiger partial charge in [-0.2, -0.15) is 0 Å². The fraction of sp³-hybridized carbons (Fsp3) is 0.417. The average Bonchev–Trinajstić information content (AvgIpc) is 2.83. The van der Waals surface area contributed by atoms with Gasteiger partial charge in [0.2, 0.25) is 11.8 Å². The van der Waals surface area contributed by atoms with Crippen molar-refractivity contribution in [1.82, 2.24) is 20.5 Å². The summed E-state index contributed by atoms with van der Waals surface area (Å²) in [5.41, 5.74) is 2.15. The molecule has 7 heteroatoms. The molecule has 0 bridgehead atoms. The minimum atomic E-state index is -0.371. The monoisotopic (exact) mass is 422 g/mol. The summed E-state index contributed by atoms with van der Waals surface area (Å²) in [5.74, 6) is -0.606. The van der Waals surface area contributed by atoms with Crippen molar-refractivity contribution in [3.8, 4) is 0 Å². The Hall–Kier alpha value is -3.22. The molecule has 164 valence electrons. The fourth-order valence-corrected chi connectivity index (χ4v) is 3.74. The number of carbonyl (C=O) groups excluding carboxylic acids is 3. The molecule has 0 saturated carbocycles. The lowest BCUT2D eigenvalue weighted by atomic mass is 10.0. The number of pyridine rings is 1. The molecular formula is C24H30N4O3. The third-order valence-corrected chi connectivity index (χ3v) is 5.48. The Bertz CT molecular complexity index is 883. The first-order chi connectivity index (χ1) is 15.0. The van der Waals surface area contributed by atoms with E-state index >= 15 is 0 Å². The van der Waals surface area contributed by atoms with Crippen molar-refractivity contribution in [2.45, 2.75) is 45.1 Å². The highest BCUT2D eigenvalue weighted by Gasteiger charge is 2.27. The van der Waals surface area contributed by atoms with Crippen LogP contribution in [0.5, 0.6) is 0 Å². The summed E-state index contributed by atoms with van der Waals surface area (Å²) in [6, 6.07) is 12.7. The Kier molecular flexibility index (Phi) is 8.15. The van der Waals surface area contributed by atoms with Crippen LogP contribution in [0, 0.1) is 6.92 Å². The van der Waals surface area contributed by atoms with Gasteiger partial charge < -0.3 is 15.5 Å². The van der Waals surface area contributed by atoms with Crippen LogP contribution in [0.25, 0.3) is 0 Å². The maximum absolute atomic E-state index is 13.2. The van der Waals surface area contributed by atoms with Gasteiger partial charge in [0.25, 0.3) is 5.91 Å². The molecule has 2 heterocycles. The topological polar surface area (TPSA) is 91.4 Å². The van der Waals surface area contributed by atoms with E-state index in [-0.39, 0.29) is 36.7 Å². The Morgan fingerprint density at radius 2 is 1.87 bits per heavy atom. The predicted molar refractivity (Wildman–Crippen MR) is 118 cm³/mol. The smallest absolute Gasteiger partial charge is 0.253 e. The zero-order valence-electron chi connectivity index (χ0n) is 18.0. The lowest BCUT2D eigenvalue weighted by molar-refractivity contribution is -0.134. The van der Waals surface area contributed by atoms with Crippen LogP contribution in [-0.4, -0.2) is 47.2 Å². The maximum Gasteiger partial charge on any atom is 0.253 e. The molecule has 1 aromatic heterocycles. The van der Waals surface area contributed by atoms with Crippen LogP contribution in [0.2, 0.25) is 0 Å². The molecule has 1 aromatic carbocycles. The Morgan fingerprint density at radius 3 is 2.61 bits per heavy atom. The largest absolute Gasteiger partial charge is 0.356 e.